The quantitative estimate of drug-likeness (QED) is 0.334. The lowest BCUT2D eigenvalue weighted by molar-refractivity contribution is 0.313. The van der Waals surface area contributed by atoms with E-state index in [1.165, 1.54) is 0 Å². The molecular weight excluding hydrogens is 228 g/mol. The summed E-state index contributed by atoms with van der Waals surface area (Å²) in [7, 11) is 0. The van der Waals surface area contributed by atoms with E-state index < -0.39 is 0 Å². The van der Waals surface area contributed by atoms with Crippen molar-refractivity contribution in [2.75, 3.05) is 0 Å². The highest BCUT2D eigenvalue weighted by molar-refractivity contribution is 6.48. The lowest BCUT2D eigenvalue weighted by Gasteiger charge is -2.06. The molecule has 0 heterocycles. The van der Waals surface area contributed by atoms with Crippen molar-refractivity contribution in [3.05, 3.63) is 35.9 Å². The summed E-state index contributed by atoms with van der Waals surface area (Å²) in [5.74, 6) is 0. The molecule has 0 aliphatic rings. The summed E-state index contributed by atoms with van der Waals surface area (Å²) in [6, 6.07) is 9.24. The van der Waals surface area contributed by atoms with Crippen LogP contribution in [0.1, 0.15) is 44.6 Å². The first-order valence-electron chi connectivity index (χ1n) is 6.32. The van der Waals surface area contributed by atoms with Gasteiger partial charge >= 0.3 is 0 Å². The van der Waals surface area contributed by atoms with Gasteiger partial charge in [-0.2, -0.15) is 0 Å². The third kappa shape index (κ3) is 4.20. The summed E-state index contributed by atoms with van der Waals surface area (Å²) >= 11 is 0. The molecule has 0 radical (unpaired) electrons. The predicted molar refractivity (Wildman–Crippen MR) is 72.7 cm³/mol. The van der Waals surface area contributed by atoms with Crippen LogP contribution in [-0.2, 0) is 0 Å². The van der Waals surface area contributed by atoms with Crippen LogP contribution in [-0.4, -0.2) is 21.8 Å². The van der Waals surface area contributed by atoms with E-state index in [-0.39, 0.29) is 0 Å². The topological polar surface area (TPSA) is 65.2 Å². The highest BCUT2D eigenvalue weighted by Gasteiger charge is 2.12. The van der Waals surface area contributed by atoms with Crippen LogP contribution < -0.4 is 0 Å². The van der Waals surface area contributed by atoms with E-state index in [0.717, 1.165) is 31.2 Å². The van der Waals surface area contributed by atoms with Crippen molar-refractivity contribution in [3.8, 4) is 0 Å². The van der Waals surface area contributed by atoms with Gasteiger partial charge in [0.1, 0.15) is 11.4 Å². The molecule has 0 spiro atoms. The zero-order chi connectivity index (χ0) is 13.2. The predicted octanol–water partition coefficient (Wildman–Crippen LogP) is 3.67. The molecule has 1 aromatic carbocycles. The zero-order valence-corrected chi connectivity index (χ0v) is 10.7. The van der Waals surface area contributed by atoms with E-state index in [0.29, 0.717) is 17.8 Å². The molecule has 0 bridgehead atoms. The smallest absolute Gasteiger partial charge is 0.134 e. The zero-order valence-electron chi connectivity index (χ0n) is 10.7. The second kappa shape index (κ2) is 8.28. The Balaban J connectivity index is 2.69. The lowest BCUT2D eigenvalue weighted by Crippen LogP contribution is -2.16. The van der Waals surface area contributed by atoms with E-state index >= 15 is 0 Å². The molecule has 0 amide bonds. The highest BCUT2D eigenvalue weighted by Crippen LogP contribution is 2.09. The Bertz CT molecular complexity index is 400. The van der Waals surface area contributed by atoms with E-state index in [1.807, 2.05) is 30.3 Å². The Morgan fingerprint density at radius 2 is 1.72 bits per heavy atom. The van der Waals surface area contributed by atoms with Crippen molar-refractivity contribution in [1.29, 1.82) is 0 Å². The molecule has 0 atom stereocenters. The number of unbranched alkanes of at least 4 members (excludes halogenated alkanes) is 3. The molecule has 4 nitrogen and oxygen atoms in total. The molecule has 0 fully saturated rings. The van der Waals surface area contributed by atoms with Crippen molar-refractivity contribution in [2.45, 2.75) is 39.0 Å². The van der Waals surface area contributed by atoms with Crippen molar-refractivity contribution >= 4 is 11.4 Å². The number of hydrogen-bond acceptors (Lipinski definition) is 4. The Morgan fingerprint density at radius 1 is 1.00 bits per heavy atom. The molecule has 98 valence electrons. The fourth-order valence-electron chi connectivity index (χ4n) is 1.81. The summed E-state index contributed by atoms with van der Waals surface area (Å²) in [5, 5.41) is 24.6. The van der Waals surface area contributed by atoms with Crippen LogP contribution in [0.3, 0.4) is 0 Å². The van der Waals surface area contributed by atoms with Gasteiger partial charge in [-0.25, -0.2) is 0 Å². The second-order valence-corrected chi connectivity index (χ2v) is 4.17. The Kier molecular flexibility index (Phi) is 6.54. The average molecular weight is 248 g/mol. The fraction of sp³-hybridized carbons (Fsp3) is 0.429. The van der Waals surface area contributed by atoms with Crippen LogP contribution in [0, 0.1) is 0 Å². The largest absolute Gasteiger partial charge is 0.411 e. The Labute approximate surface area is 108 Å². The molecule has 0 unspecified atom stereocenters. The lowest BCUT2D eigenvalue weighted by atomic mass is 10.0. The molecule has 18 heavy (non-hydrogen) atoms. The summed E-state index contributed by atoms with van der Waals surface area (Å²) in [6.07, 6.45) is 4.95. The molecule has 0 aromatic heterocycles. The normalized spacial score (nSPS) is 12.7. The van der Waals surface area contributed by atoms with Crippen molar-refractivity contribution in [1.82, 2.24) is 0 Å². The number of rotatable bonds is 7. The van der Waals surface area contributed by atoms with Gasteiger partial charge in [-0.1, -0.05) is 66.8 Å². The van der Waals surface area contributed by atoms with Gasteiger partial charge in [-0.05, 0) is 12.8 Å². The van der Waals surface area contributed by atoms with Gasteiger partial charge in [0.25, 0.3) is 0 Å². The number of benzene rings is 1. The number of oxime groups is 2. The molecule has 1 rings (SSSR count). The minimum atomic E-state index is 0.342. The van der Waals surface area contributed by atoms with E-state index in [2.05, 4.69) is 17.2 Å². The molecule has 0 aliphatic carbocycles. The molecule has 1 aromatic rings. The molecule has 0 saturated heterocycles. The first-order valence-corrected chi connectivity index (χ1v) is 6.32. The average Bonchev–Trinajstić information content (AvgIpc) is 2.43. The maximum Gasteiger partial charge on any atom is 0.134 e. The molecule has 0 aliphatic heterocycles. The van der Waals surface area contributed by atoms with Crippen LogP contribution in [0.5, 0.6) is 0 Å². The van der Waals surface area contributed by atoms with Gasteiger partial charge in [0.2, 0.25) is 0 Å². The van der Waals surface area contributed by atoms with Gasteiger partial charge in [0, 0.05) is 5.56 Å². The maximum atomic E-state index is 9.08. The van der Waals surface area contributed by atoms with Crippen LogP contribution in [0.2, 0.25) is 0 Å². The van der Waals surface area contributed by atoms with Crippen LogP contribution in [0.15, 0.2) is 40.6 Å². The third-order valence-corrected chi connectivity index (χ3v) is 2.81. The van der Waals surface area contributed by atoms with Gasteiger partial charge < -0.3 is 10.4 Å². The first kappa shape index (κ1) is 14.2. The van der Waals surface area contributed by atoms with Gasteiger partial charge in [0.15, 0.2) is 0 Å². The Hall–Kier alpha value is -1.84. The minimum Gasteiger partial charge on any atom is -0.411 e. The van der Waals surface area contributed by atoms with Gasteiger partial charge in [0.05, 0.1) is 0 Å². The van der Waals surface area contributed by atoms with Crippen LogP contribution in [0.4, 0.5) is 0 Å². The summed E-state index contributed by atoms with van der Waals surface area (Å²) in [4.78, 5) is 0. The monoisotopic (exact) mass is 248 g/mol. The van der Waals surface area contributed by atoms with Gasteiger partial charge in [-0.3, -0.25) is 0 Å². The van der Waals surface area contributed by atoms with E-state index in [1.54, 1.807) is 0 Å². The third-order valence-electron chi connectivity index (χ3n) is 2.81. The molecule has 0 saturated carbocycles. The summed E-state index contributed by atoms with van der Waals surface area (Å²) in [6.45, 7) is 2.14. The highest BCUT2D eigenvalue weighted by atomic mass is 16.4. The van der Waals surface area contributed by atoms with E-state index in [4.69, 9.17) is 10.4 Å². The van der Waals surface area contributed by atoms with Crippen molar-refractivity contribution in [2.24, 2.45) is 10.3 Å². The van der Waals surface area contributed by atoms with Gasteiger partial charge in [-0.15, -0.1) is 0 Å². The minimum absolute atomic E-state index is 0.342. The fourth-order valence-corrected chi connectivity index (χ4v) is 1.81. The maximum absolute atomic E-state index is 9.08. The SMILES string of the molecule is CCCCCCC(=N\O)/C(=N/O)c1ccccc1. The van der Waals surface area contributed by atoms with Crippen LogP contribution >= 0.6 is 0 Å². The van der Waals surface area contributed by atoms with E-state index in [9.17, 15) is 0 Å². The summed E-state index contributed by atoms with van der Waals surface area (Å²) in [5.41, 5.74) is 1.53. The molecular formula is C14H20N2O2. The number of hydrogen-bond donors (Lipinski definition) is 2. The first-order chi connectivity index (χ1) is 8.83. The summed E-state index contributed by atoms with van der Waals surface area (Å²) < 4.78 is 0. The molecule has 4 heteroatoms. The standard InChI is InChI=1S/C14H20N2O2/c1-2-3-4-8-11-13(15-17)14(16-18)12-9-6-5-7-10-12/h5-7,9-10,17-18H,2-4,8,11H2,1H3/b15-13+,16-14+. The molecule has 2 N–H and O–H groups in total. The van der Waals surface area contributed by atoms with Crippen LogP contribution in [0.25, 0.3) is 0 Å². The Morgan fingerprint density at radius 3 is 2.28 bits per heavy atom. The van der Waals surface area contributed by atoms with Crippen molar-refractivity contribution in [3.63, 3.8) is 0 Å². The second-order valence-electron chi connectivity index (χ2n) is 4.17. The van der Waals surface area contributed by atoms with Crippen molar-refractivity contribution < 1.29 is 10.4 Å². The number of nitrogens with zero attached hydrogens (tertiary/aromatic N) is 2.